The largest absolute Gasteiger partial charge is 0.393 e. The summed E-state index contributed by atoms with van der Waals surface area (Å²) in [6.45, 7) is 8.44. The average Bonchev–Trinajstić information content (AvgIpc) is 2.69. The van der Waals surface area contributed by atoms with Crippen LogP contribution in [0.25, 0.3) is 0 Å². The fourth-order valence-corrected chi connectivity index (χ4v) is 3.03. The van der Waals surface area contributed by atoms with Crippen LogP contribution in [0.1, 0.15) is 63.5 Å². The van der Waals surface area contributed by atoms with Gasteiger partial charge in [-0.25, -0.2) is 0 Å². The molecular formula is C23H34O2. The van der Waals surface area contributed by atoms with Crippen molar-refractivity contribution in [2.45, 2.75) is 64.6 Å². The molecule has 0 aliphatic carbocycles. The Balaban J connectivity index is 0.000000251. The molecule has 4 unspecified atom stereocenters. The Morgan fingerprint density at radius 3 is 1.56 bits per heavy atom. The second-order valence-electron chi connectivity index (χ2n) is 6.56. The summed E-state index contributed by atoms with van der Waals surface area (Å²) in [4.78, 5) is 0. The van der Waals surface area contributed by atoms with Gasteiger partial charge in [-0.2, -0.15) is 0 Å². The molecular weight excluding hydrogens is 308 g/mol. The van der Waals surface area contributed by atoms with E-state index in [1.165, 1.54) is 11.1 Å². The molecule has 0 aliphatic rings. The van der Waals surface area contributed by atoms with E-state index < -0.39 is 0 Å². The maximum absolute atomic E-state index is 9.58. The van der Waals surface area contributed by atoms with Crippen LogP contribution in [-0.4, -0.2) is 24.4 Å². The SMILES string of the molecule is CCC(O)C(C)c1ccccc1.CCC(OC)C(C)c1ccccc1. The molecule has 0 saturated carbocycles. The Morgan fingerprint density at radius 2 is 1.20 bits per heavy atom. The molecule has 0 spiro atoms. The summed E-state index contributed by atoms with van der Waals surface area (Å²) in [5.41, 5.74) is 2.57. The fourth-order valence-electron chi connectivity index (χ4n) is 3.03. The Bertz CT molecular complexity index is 549. The van der Waals surface area contributed by atoms with Crippen molar-refractivity contribution in [3.63, 3.8) is 0 Å². The Morgan fingerprint density at radius 1 is 0.760 bits per heavy atom. The molecule has 138 valence electrons. The van der Waals surface area contributed by atoms with Crippen molar-refractivity contribution in [2.75, 3.05) is 7.11 Å². The van der Waals surface area contributed by atoms with Crippen molar-refractivity contribution in [3.05, 3.63) is 71.8 Å². The van der Waals surface area contributed by atoms with Crippen molar-refractivity contribution >= 4 is 0 Å². The molecule has 0 radical (unpaired) electrons. The molecule has 1 N–H and O–H groups in total. The first-order valence-electron chi connectivity index (χ1n) is 9.35. The highest BCUT2D eigenvalue weighted by atomic mass is 16.5. The topological polar surface area (TPSA) is 29.5 Å². The molecule has 0 saturated heterocycles. The van der Waals surface area contributed by atoms with Gasteiger partial charge in [0, 0.05) is 18.9 Å². The molecule has 2 heteroatoms. The lowest BCUT2D eigenvalue weighted by Gasteiger charge is -2.21. The van der Waals surface area contributed by atoms with Crippen LogP contribution in [-0.2, 0) is 4.74 Å². The van der Waals surface area contributed by atoms with Crippen LogP contribution >= 0.6 is 0 Å². The number of aliphatic hydroxyl groups is 1. The van der Waals surface area contributed by atoms with Crippen molar-refractivity contribution in [1.82, 2.24) is 0 Å². The highest BCUT2D eigenvalue weighted by Crippen LogP contribution is 2.22. The second kappa shape index (κ2) is 11.8. The molecule has 25 heavy (non-hydrogen) atoms. The van der Waals surface area contributed by atoms with Crippen LogP contribution in [0.4, 0.5) is 0 Å². The van der Waals surface area contributed by atoms with E-state index in [0.29, 0.717) is 12.0 Å². The predicted octanol–water partition coefficient (Wildman–Crippen LogP) is 5.78. The zero-order valence-corrected chi connectivity index (χ0v) is 16.4. The van der Waals surface area contributed by atoms with Crippen LogP contribution in [0.3, 0.4) is 0 Å². The number of ether oxygens (including phenoxy) is 1. The third-order valence-corrected chi connectivity index (χ3v) is 4.91. The van der Waals surface area contributed by atoms with Gasteiger partial charge in [0.15, 0.2) is 0 Å². The summed E-state index contributed by atoms with van der Waals surface area (Å²) in [7, 11) is 1.79. The van der Waals surface area contributed by atoms with Crippen molar-refractivity contribution in [2.24, 2.45) is 0 Å². The first kappa shape index (κ1) is 21.4. The molecule has 0 fully saturated rings. The highest BCUT2D eigenvalue weighted by molar-refractivity contribution is 5.20. The summed E-state index contributed by atoms with van der Waals surface area (Å²) in [5.74, 6) is 0.729. The van der Waals surface area contributed by atoms with Gasteiger partial charge in [0.25, 0.3) is 0 Å². The maximum Gasteiger partial charge on any atom is 0.0634 e. The van der Waals surface area contributed by atoms with Crippen LogP contribution < -0.4 is 0 Å². The number of aliphatic hydroxyl groups excluding tert-OH is 1. The molecule has 0 aromatic heterocycles. The minimum Gasteiger partial charge on any atom is -0.393 e. The molecule has 0 heterocycles. The summed E-state index contributed by atoms with van der Waals surface area (Å²) < 4.78 is 5.42. The lowest BCUT2D eigenvalue weighted by Crippen LogP contribution is -2.17. The summed E-state index contributed by atoms with van der Waals surface area (Å²) in [6.07, 6.45) is 2.00. The van der Waals surface area contributed by atoms with Gasteiger partial charge in [-0.05, 0) is 24.0 Å². The monoisotopic (exact) mass is 342 g/mol. The first-order valence-corrected chi connectivity index (χ1v) is 9.35. The van der Waals surface area contributed by atoms with Gasteiger partial charge in [-0.15, -0.1) is 0 Å². The van der Waals surface area contributed by atoms with Crippen molar-refractivity contribution < 1.29 is 9.84 Å². The maximum atomic E-state index is 9.58. The van der Waals surface area contributed by atoms with Gasteiger partial charge in [-0.3, -0.25) is 0 Å². The predicted molar refractivity (Wildman–Crippen MR) is 107 cm³/mol. The average molecular weight is 343 g/mol. The van der Waals surface area contributed by atoms with E-state index in [-0.39, 0.29) is 12.0 Å². The standard InChI is InChI=1S/C12H18O.C11H16O/c1-4-12(13-3)10(2)11-8-6-5-7-9-11;1-3-11(12)9(2)10-7-5-4-6-8-10/h5-10,12H,4H2,1-3H3;4-9,11-12H,3H2,1-2H3. The van der Waals surface area contributed by atoms with E-state index in [1.807, 2.05) is 31.2 Å². The summed E-state index contributed by atoms with van der Waals surface area (Å²) in [6, 6.07) is 20.6. The molecule has 2 rings (SSSR count). The van der Waals surface area contributed by atoms with Crippen LogP contribution in [0.2, 0.25) is 0 Å². The van der Waals surface area contributed by atoms with Crippen LogP contribution in [0, 0.1) is 0 Å². The van der Waals surface area contributed by atoms with E-state index in [4.69, 9.17) is 4.74 Å². The van der Waals surface area contributed by atoms with E-state index in [1.54, 1.807) is 7.11 Å². The number of methoxy groups -OCH3 is 1. The third-order valence-electron chi connectivity index (χ3n) is 4.91. The number of benzene rings is 2. The zero-order valence-electron chi connectivity index (χ0n) is 16.4. The van der Waals surface area contributed by atoms with Gasteiger partial charge in [0.05, 0.1) is 12.2 Å². The van der Waals surface area contributed by atoms with Gasteiger partial charge in [0.1, 0.15) is 0 Å². The minimum absolute atomic E-state index is 0.215. The number of rotatable bonds is 7. The number of hydrogen-bond donors (Lipinski definition) is 1. The summed E-state index contributed by atoms with van der Waals surface area (Å²) in [5, 5.41) is 9.58. The Hall–Kier alpha value is -1.64. The Labute approximate surface area is 153 Å². The first-order chi connectivity index (χ1) is 12.0. The van der Waals surface area contributed by atoms with Crippen molar-refractivity contribution in [3.8, 4) is 0 Å². The van der Waals surface area contributed by atoms with Gasteiger partial charge < -0.3 is 9.84 Å². The van der Waals surface area contributed by atoms with Gasteiger partial charge in [0.2, 0.25) is 0 Å². The van der Waals surface area contributed by atoms with Gasteiger partial charge in [-0.1, -0.05) is 88.4 Å². The lowest BCUT2D eigenvalue weighted by atomic mass is 9.94. The minimum atomic E-state index is -0.215. The van der Waals surface area contributed by atoms with Crippen LogP contribution in [0.5, 0.6) is 0 Å². The van der Waals surface area contributed by atoms with E-state index >= 15 is 0 Å². The van der Waals surface area contributed by atoms with E-state index in [9.17, 15) is 5.11 Å². The molecule has 0 bridgehead atoms. The van der Waals surface area contributed by atoms with Crippen LogP contribution in [0.15, 0.2) is 60.7 Å². The smallest absolute Gasteiger partial charge is 0.0634 e. The number of hydrogen-bond acceptors (Lipinski definition) is 2. The normalized spacial score (nSPS) is 15.4. The second-order valence-corrected chi connectivity index (χ2v) is 6.56. The molecule has 0 aliphatic heterocycles. The highest BCUT2D eigenvalue weighted by Gasteiger charge is 2.15. The van der Waals surface area contributed by atoms with E-state index in [2.05, 4.69) is 57.2 Å². The molecule has 4 atom stereocenters. The summed E-state index contributed by atoms with van der Waals surface area (Å²) >= 11 is 0. The Kier molecular flexibility index (Phi) is 10.1. The molecule has 0 amide bonds. The molecule has 2 aromatic carbocycles. The van der Waals surface area contributed by atoms with Crippen molar-refractivity contribution in [1.29, 1.82) is 0 Å². The molecule has 2 aromatic rings. The van der Waals surface area contributed by atoms with Gasteiger partial charge >= 0.3 is 0 Å². The fraction of sp³-hybridized carbons (Fsp3) is 0.478. The molecule has 2 nitrogen and oxygen atoms in total. The zero-order chi connectivity index (χ0) is 18.7. The lowest BCUT2D eigenvalue weighted by molar-refractivity contribution is 0.0805. The third kappa shape index (κ3) is 7.01. The quantitative estimate of drug-likeness (QED) is 0.691. The van der Waals surface area contributed by atoms with E-state index in [0.717, 1.165) is 12.8 Å².